The largest absolute Gasteiger partial charge is 0.480 e. The fourth-order valence-electron chi connectivity index (χ4n) is 2.58. The van der Waals surface area contributed by atoms with Gasteiger partial charge in [0.05, 0.1) is 0 Å². The minimum Gasteiger partial charge on any atom is -0.480 e. The molecular weight excluding hydrogens is 275 g/mol. The van der Waals surface area contributed by atoms with Gasteiger partial charge in [-0.25, -0.2) is 14.0 Å². The fourth-order valence-corrected chi connectivity index (χ4v) is 2.58. The van der Waals surface area contributed by atoms with Crippen LogP contribution in [0.15, 0.2) is 18.2 Å². The second-order valence-electron chi connectivity index (χ2n) is 5.58. The Bertz CT molecular complexity index is 576. The molecule has 1 atom stereocenters. The molecule has 2 rings (SSSR count). The first-order valence-electron chi connectivity index (χ1n) is 6.93. The average Bonchev–Trinajstić information content (AvgIpc) is 2.43. The van der Waals surface area contributed by atoms with Gasteiger partial charge in [-0.15, -0.1) is 0 Å². The predicted molar refractivity (Wildman–Crippen MR) is 76.8 cm³/mol. The molecule has 0 aliphatic carbocycles. The zero-order valence-corrected chi connectivity index (χ0v) is 12.1. The standard InChI is InChI=1S/C15H19FN2O3/c1-10-9-11(5-6-12(10)16)17-14(21)18-8-4-3-7-15(18,2)13(19)20/h5-6,9H,3-4,7-8H2,1-2H3,(H,17,21)(H,19,20). The van der Waals surface area contributed by atoms with Gasteiger partial charge in [0.1, 0.15) is 11.4 Å². The first kappa shape index (κ1) is 15.3. The molecule has 2 amide bonds. The second kappa shape index (κ2) is 5.71. The first-order valence-corrected chi connectivity index (χ1v) is 6.93. The molecule has 0 aromatic heterocycles. The van der Waals surface area contributed by atoms with Crippen molar-refractivity contribution in [2.45, 2.75) is 38.6 Å². The van der Waals surface area contributed by atoms with E-state index in [-0.39, 0.29) is 5.82 Å². The molecule has 0 radical (unpaired) electrons. The van der Waals surface area contributed by atoms with Crippen molar-refractivity contribution in [2.75, 3.05) is 11.9 Å². The maximum Gasteiger partial charge on any atom is 0.329 e. The number of likely N-dealkylation sites (tertiary alicyclic amines) is 1. The highest BCUT2D eigenvalue weighted by Gasteiger charge is 2.43. The minimum atomic E-state index is -1.20. The van der Waals surface area contributed by atoms with Gasteiger partial charge in [0, 0.05) is 12.2 Å². The van der Waals surface area contributed by atoms with E-state index in [1.165, 1.54) is 23.1 Å². The Morgan fingerprint density at radius 1 is 1.38 bits per heavy atom. The lowest BCUT2D eigenvalue weighted by molar-refractivity contribution is -0.150. The summed E-state index contributed by atoms with van der Waals surface area (Å²) in [4.78, 5) is 25.2. The van der Waals surface area contributed by atoms with Gasteiger partial charge in [0.15, 0.2) is 0 Å². The van der Waals surface area contributed by atoms with Crippen molar-refractivity contribution in [3.63, 3.8) is 0 Å². The zero-order valence-electron chi connectivity index (χ0n) is 12.1. The SMILES string of the molecule is Cc1cc(NC(=O)N2CCCCC2(C)C(=O)O)ccc1F. The topological polar surface area (TPSA) is 69.6 Å². The Hall–Kier alpha value is -2.11. The lowest BCUT2D eigenvalue weighted by atomic mass is 9.89. The van der Waals surface area contributed by atoms with Crippen molar-refractivity contribution in [1.29, 1.82) is 0 Å². The number of halogens is 1. The van der Waals surface area contributed by atoms with Gasteiger partial charge in [-0.05, 0) is 56.9 Å². The predicted octanol–water partition coefficient (Wildman–Crippen LogP) is 3.00. The number of aliphatic carboxylic acids is 1. The summed E-state index contributed by atoms with van der Waals surface area (Å²) >= 11 is 0. The van der Waals surface area contributed by atoms with Gasteiger partial charge in [0.2, 0.25) is 0 Å². The Labute approximate surface area is 122 Å². The van der Waals surface area contributed by atoms with E-state index in [4.69, 9.17) is 0 Å². The lowest BCUT2D eigenvalue weighted by Gasteiger charge is -2.41. The third-order valence-electron chi connectivity index (χ3n) is 4.01. The van der Waals surface area contributed by atoms with Gasteiger partial charge in [-0.1, -0.05) is 0 Å². The summed E-state index contributed by atoms with van der Waals surface area (Å²) in [6, 6.07) is 3.79. The van der Waals surface area contributed by atoms with Crippen LogP contribution in [0.1, 0.15) is 31.7 Å². The van der Waals surface area contributed by atoms with Crippen molar-refractivity contribution in [3.05, 3.63) is 29.6 Å². The Kier molecular flexibility index (Phi) is 4.16. The number of benzene rings is 1. The highest BCUT2D eigenvalue weighted by atomic mass is 19.1. The summed E-state index contributed by atoms with van der Waals surface area (Å²) in [7, 11) is 0. The van der Waals surface area contributed by atoms with Gasteiger partial charge in [-0.3, -0.25) is 0 Å². The summed E-state index contributed by atoms with van der Waals surface area (Å²) in [5.74, 6) is -1.35. The number of carbonyl (C=O) groups excluding carboxylic acids is 1. The molecule has 1 unspecified atom stereocenters. The number of urea groups is 1. The molecule has 2 N–H and O–H groups in total. The summed E-state index contributed by atoms with van der Waals surface area (Å²) in [6.45, 7) is 3.56. The molecule has 1 aliphatic rings. The molecule has 6 heteroatoms. The number of hydrogen-bond acceptors (Lipinski definition) is 2. The van der Waals surface area contributed by atoms with E-state index in [0.29, 0.717) is 24.2 Å². The quantitative estimate of drug-likeness (QED) is 0.881. The van der Waals surface area contributed by atoms with Crippen LogP contribution in [-0.2, 0) is 4.79 Å². The van der Waals surface area contributed by atoms with Crippen LogP contribution < -0.4 is 5.32 Å². The number of aryl methyl sites for hydroxylation is 1. The van der Waals surface area contributed by atoms with E-state index in [0.717, 1.165) is 12.8 Å². The molecular formula is C15H19FN2O3. The second-order valence-corrected chi connectivity index (χ2v) is 5.58. The molecule has 1 aromatic rings. The molecule has 0 spiro atoms. The molecule has 1 aromatic carbocycles. The molecule has 1 aliphatic heterocycles. The molecule has 1 fully saturated rings. The van der Waals surface area contributed by atoms with E-state index in [2.05, 4.69) is 5.32 Å². The summed E-state index contributed by atoms with van der Waals surface area (Å²) in [5, 5.41) is 12.0. The number of rotatable bonds is 2. The number of carboxylic acids is 1. The third kappa shape index (κ3) is 2.99. The van der Waals surface area contributed by atoms with Gasteiger partial charge >= 0.3 is 12.0 Å². The number of carbonyl (C=O) groups is 2. The number of nitrogens with zero attached hydrogens (tertiary/aromatic N) is 1. The number of nitrogens with one attached hydrogen (secondary N) is 1. The molecule has 114 valence electrons. The van der Waals surface area contributed by atoms with Crippen molar-refractivity contribution in [1.82, 2.24) is 4.90 Å². The van der Waals surface area contributed by atoms with Crippen LogP contribution in [0.5, 0.6) is 0 Å². The molecule has 0 bridgehead atoms. The Balaban J connectivity index is 2.18. The van der Waals surface area contributed by atoms with Crippen LogP contribution in [0.25, 0.3) is 0 Å². The third-order valence-corrected chi connectivity index (χ3v) is 4.01. The van der Waals surface area contributed by atoms with Crippen molar-refractivity contribution < 1.29 is 19.1 Å². The summed E-state index contributed by atoms with van der Waals surface area (Å²) < 4.78 is 13.2. The number of piperidine rings is 1. The van der Waals surface area contributed by atoms with E-state index in [1.54, 1.807) is 13.8 Å². The van der Waals surface area contributed by atoms with Gasteiger partial charge in [-0.2, -0.15) is 0 Å². The molecule has 1 saturated heterocycles. The van der Waals surface area contributed by atoms with Crippen LogP contribution >= 0.6 is 0 Å². The molecule has 5 nitrogen and oxygen atoms in total. The number of carboxylic acid groups (broad SMARTS) is 1. The van der Waals surface area contributed by atoms with Crippen LogP contribution in [0.4, 0.5) is 14.9 Å². The molecule has 1 heterocycles. The minimum absolute atomic E-state index is 0.346. The summed E-state index contributed by atoms with van der Waals surface area (Å²) in [5.41, 5.74) is -0.318. The van der Waals surface area contributed by atoms with E-state index in [1.807, 2.05) is 0 Å². The van der Waals surface area contributed by atoms with E-state index >= 15 is 0 Å². The highest BCUT2D eigenvalue weighted by molar-refractivity contribution is 5.94. The Morgan fingerprint density at radius 3 is 2.71 bits per heavy atom. The van der Waals surface area contributed by atoms with Crippen molar-refractivity contribution in [2.24, 2.45) is 0 Å². The fraction of sp³-hybridized carbons (Fsp3) is 0.467. The number of hydrogen-bond donors (Lipinski definition) is 2. The Morgan fingerprint density at radius 2 is 2.10 bits per heavy atom. The van der Waals surface area contributed by atoms with Crippen LogP contribution in [0, 0.1) is 12.7 Å². The normalized spacial score (nSPS) is 22.0. The van der Waals surface area contributed by atoms with Crippen molar-refractivity contribution in [3.8, 4) is 0 Å². The van der Waals surface area contributed by atoms with Gasteiger partial charge < -0.3 is 15.3 Å². The van der Waals surface area contributed by atoms with Crippen LogP contribution in [0.3, 0.4) is 0 Å². The van der Waals surface area contributed by atoms with Crippen LogP contribution in [0.2, 0.25) is 0 Å². The average molecular weight is 294 g/mol. The van der Waals surface area contributed by atoms with Crippen molar-refractivity contribution >= 4 is 17.7 Å². The number of amides is 2. The first-order chi connectivity index (χ1) is 9.84. The van der Waals surface area contributed by atoms with E-state index in [9.17, 15) is 19.1 Å². The van der Waals surface area contributed by atoms with Crippen LogP contribution in [-0.4, -0.2) is 34.1 Å². The number of anilines is 1. The van der Waals surface area contributed by atoms with Gasteiger partial charge in [0.25, 0.3) is 0 Å². The smallest absolute Gasteiger partial charge is 0.329 e. The highest BCUT2D eigenvalue weighted by Crippen LogP contribution is 2.29. The monoisotopic (exact) mass is 294 g/mol. The maximum atomic E-state index is 13.2. The molecule has 0 saturated carbocycles. The maximum absolute atomic E-state index is 13.2. The summed E-state index contributed by atoms with van der Waals surface area (Å²) in [6.07, 6.45) is 1.99. The molecule has 21 heavy (non-hydrogen) atoms. The lowest BCUT2D eigenvalue weighted by Crippen LogP contribution is -2.58. The zero-order chi connectivity index (χ0) is 15.6. The van der Waals surface area contributed by atoms with E-state index < -0.39 is 17.5 Å².